The van der Waals surface area contributed by atoms with Gasteiger partial charge in [0.1, 0.15) is 17.1 Å². The number of piperazine rings is 1. The number of fused-ring (bicyclic) bond motifs is 1. The lowest BCUT2D eigenvalue weighted by Gasteiger charge is -2.35. The van der Waals surface area contributed by atoms with Crippen LogP contribution in [0.3, 0.4) is 0 Å². The molecule has 0 saturated carbocycles. The van der Waals surface area contributed by atoms with E-state index in [9.17, 15) is 0 Å². The van der Waals surface area contributed by atoms with Gasteiger partial charge >= 0.3 is 0 Å². The molecule has 1 aliphatic heterocycles. The van der Waals surface area contributed by atoms with E-state index in [1.54, 1.807) is 20.3 Å². The zero-order valence-corrected chi connectivity index (χ0v) is 17.9. The zero-order valence-electron chi connectivity index (χ0n) is 17.1. The number of pyridine rings is 1. The second kappa shape index (κ2) is 8.82. The summed E-state index contributed by atoms with van der Waals surface area (Å²) >= 11 is 6.33. The van der Waals surface area contributed by atoms with Crippen molar-refractivity contribution >= 4 is 22.9 Å². The molecule has 7 nitrogen and oxygen atoms in total. The van der Waals surface area contributed by atoms with Gasteiger partial charge < -0.3 is 18.8 Å². The smallest absolute Gasteiger partial charge is 0.141 e. The lowest BCUT2D eigenvalue weighted by atomic mass is 10.1. The molecular formula is C22H24ClN5O2. The van der Waals surface area contributed by atoms with Crippen molar-refractivity contribution in [2.45, 2.75) is 6.42 Å². The fourth-order valence-corrected chi connectivity index (χ4v) is 4.04. The number of halogens is 1. The van der Waals surface area contributed by atoms with E-state index in [1.807, 2.05) is 22.9 Å². The molecule has 0 spiro atoms. The Kier molecular flexibility index (Phi) is 5.98. The Hall–Kier alpha value is -2.95. The van der Waals surface area contributed by atoms with E-state index in [2.05, 4.69) is 28.0 Å². The summed E-state index contributed by atoms with van der Waals surface area (Å²) < 4.78 is 12.8. The Bertz CT molecular complexity index is 1080. The fourth-order valence-electron chi connectivity index (χ4n) is 3.80. The normalized spacial score (nSPS) is 14.7. The van der Waals surface area contributed by atoms with Crippen molar-refractivity contribution in [3.05, 3.63) is 41.7 Å². The molecule has 0 aliphatic carbocycles. The van der Waals surface area contributed by atoms with Crippen molar-refractivity contribution in [2.24, 2.45) is 0 Å². The second-order valence-corrected chi connectivity index (χ2v) is 7.61. The lowest BCUT2D eigenvalue weighted by molar-refractivity contribution is 0.263. The molecule has 2 aromatic heterocycles. The molecular weight excluding hydrogens is 402 g/mol. The van der Waals surface area contributed by atoms with Crippen LogP contribution in [0.15, 0.2) is 36.7 Å². The van der Waals surface area contributed by atoms with Crippen LogP contribution in [0.5, 0.6) is 11.5 Å². The number of hydrogen-bond acceptors (Lipinski definition) is 6. The second-order valence-electron chi connectivity index (χ2n) is 7.20. The Morgan fingerprint density at radius 1 is 1.10 bits per heavy atom. The summed E-state index contributed by atoms with van der Waals surface area (Å²) in [4.78, 5) is 9.51. The van der Waals surface area contributed by atoms with E-state index in [0.717, 1.165) is 55.3 Å². The van der Waals surface area contributed by atoms with E-state index < -0.39 is 0 Å². The van der Waals surface area contributed by atoms with E-state index in [0.29, 0.717) is 22.9 Å². The van der Waals surface area contributed by atoms with Gasteiger partial charge in [0.25, 0.3) is 0 Å². The number of nitriles is 1. The molecule has 30 heavy (non-hydrogen) atoms. The van der Waals surface area contributed by atoms with Crippen LogP contribution in [0.4, 0.5) is 5.69 Å². The van der Waals surface area contributed by atoms with Crippen LogP contribution in [0.25, 0.3) is 16.9 Å². The largest absolute Gasteiger partial charge is 0.496 e. The molecule has 1 fully saturated rings. The molecule has 0 radical (unpaired) electrons. The molecule has 156 valence electrons. The molecule has 3 aromatic rings. The van der Waals surface area contributed by atoms with Crippen molar-refractivity contribution in [1.82, 2.24) is 14.3 Å². The Labute approximate surface area is 181 Å². The summed E-state index contributed by atoms with van der Waals surface area (Å²) in [7, 11) is 3.20. The summed E-state index contributed by atoms with van der Waals surface area (Å²) in [6.45, 7) is 4.66. The van der Waals surface area contributed by atoms with Gasteiger partial charge in [0.2, 0.25) is 0 Å². The Balaban J connectivity index is 1.58. The van der Waals surface area contributed by atoms with Crippen molar-refractivity contribution in [2.75, 3.05) is 51.8 Å². The minimum absolute atomic E-state index is 0.514. The Morgan fingerprint density at radius 3 is 2.57 bits per heavy atom. The standard InChI is InChI=1S/C22H24ClN5O2/c1-29-20-14-21(30-2)18(23)13-17(20)19-15-28-7-4-16(12-22(28)25-19)27-10-8-26(9-11-27)6-3-5-24/h4,7,12-15H,3,6,8-11H2,1-2H3. The predicted molar refractivity (Wildman–Crippen MR) is 118 cm³/mol. The highest BCUT2D eigenvalue weighted by molar-refractivity contribution is 6.32. The first-order chi connectivity index (χ1) is 14.6. The molecule has 8 heteroatoms. The minimum atomic E-state index is 0.514. The molecule has 0 amide bonds. The van der Waals surface area contributed by atoms with Crippen LogP contribution in [-0.2, 0) is 0 Å². The van der Waals surface area contributed by atoms with Gasteiger partial charge in [-0.25, -0.2) is 4.98 Å². The van der Waals surface area contributed by atoms with Crippen LogP contribution >= 0.6 is 11.6 Å². The number of nitrogens with zero attached hydrogens (tertiary/aromatic N) is 5. The monoisotopic (exact) mass is 425 g/mol. The molecule has 1 aromatic carbocycles. The maximum absolute atomic E-state index is 8.77. The van der Waals surface area contributed by atoms with E-state index >= 15 is 0 Å². The first-order valence-electron chi connectivity index (χ1n) is 9.88. The highest BCUT2D eigenvalue weighted by Crippen LogP contribution is 2.38. The number of methoxy groups -OCH3 is 2. The van der Waals surface area contributed by atoms with Crippen LogP contribution in [-0.4, -0.2) is 61.2 Å². The maximum Gasteiger partial charge on any atom is 0.141 e. The molecule has 4 rings (SSSR count). The molecule has 0 bridgehead atoms. The van der Waals surface area contributed by atoms with Gasteiger partial charge in [-0.3, -0.25) is 4.90 Å². The fraction of sp³-hybridized carbons (Fsp3) is 0.364. The number of aromatic nitrogens is 2. The molecule has 0 atom stereocenters. The van der Waals surface area contributed by atoms with E-state index in [-0.39, 0.29) is 0 Å². The van der Waals surface area contributed by atoms with E-state index in [4.69, 9.17) is 31.3 Å². The zero-order chi connectivity index (χ0) is 21.1. The summed E-state index contributed by atoms with van der Waals surface area (Å²) in [5, 5.41) is 9.28. The average molecular weight is 426 g/mol. The summed E-state index contributed by atoms with van der Waals surface area (Å²) in [6.07, 6.45) is 4.59. The van der Waals surface area contributed by atoms with Crippen LogP contribution in [0, 0.1) is 11.3 Å². The van der Waals surface area contributed by atoms with Gasteiger partial charge in [-0.1, -0.05) is 11.6 Å². The van der Waals surface area contributed by atoms with Crippen molar-refractivity contribution in [1.29, 1.82) is 5.26 Å². The van der Waals surface area contributed by atoms with Crippen LogP contribution < -0.4 is 14.4 Å². The number of ether oxygens (including phenoxy) is 2. The number of imidazole rings is 1. The van der Waals surface area contributed by atoms with Gasteiger partial charge in [0.05, 0.1) is 31.0 Å². The molecule has 0 N–H and O–H groups in total. The quantitative estimate of drug-likeness (QED) is 0.599. The maximum atomic E-state index is 8.77. The number of benzene rings is 1. The van der Waals surface area contributed by atoms with Crippen molar-refractivity contribution < 1.29 is 9.47 Å². The number of hydrogen-bond donors (Lipinski definition) is 0. The lowest BCUT2D eigenvalue weighted by Crippen LogP contribution is -2.46. The highest BCUT2D eigenvalue weighted by Gasteiger charge is 2.18. The summed E-state index contributed by atoms with van der Waals surface area (Å²) in [5.41, 5.74) is 3.62. The molecule has 1 aliphatic rings. The average Bonchev–Trinajstić information content (AvgIpc) is 3.21. The first kappa shape index (κ1) is 20.3. The number of rotatable bonds is 6. The predicted octanol–water partition coefficient (Wildman–Crippen LogP) is 3.71. The first-order valence-corrected chi connectivity index (χ1v) is 10.3. The minimum Gasteiger partial charge on any atom is -0.496 e. The van der Waals surface area contributed by atoms with Gasteiger partial charge in [-0.15, -0.1) is 0 Å². The third kappa shape index (κ3) is 4.02. The summed E-state index contributed by atoms with van der Waals surface area (Å²) in [5.74, 6) is 1.23. The van der Waals surface area contributed by atoms with Gasteiger partial charge in [-0.05, 0) is 12.1 Å². The highest BCUT2D eigenvalue weighted by atomic mass is 35.5. The summed E-state index contributed by atoms with van der Waals surface area (Å²) in [6, 6.07) is 10.0. The Morgan fingerprint density at radius 2 is 1.87 bits per heavy atom. The van der Waals surface area contributed by atoms with E-state index in [1.165, 1.54) is 0 Å². The number of anilines is 1. The van der Waals surface area contributed by atoms with Gasteiger partial charge in [0, 0.05) is 74.9 Å². The SMILES string of the molecule is COc1cc(OC)c(-c2cn3ccc(N4CCN(CCC#N)CC4)cc3n2)cc1Cl. The van der Waals surface area contributed by atoms with Crippen molar-refractivity contribution in [3.63, 3.8) is 0 Å². The van der Waals surface area contributed by atoms with Gasteiger partial charge in [0.15, 0.2) is 0 Å². The van der Waals surface area contributed by atoms with Crippen molar-refractivity contribution in [3.8, 4) is 28.8 Å². The van der Waals surface area contributed by atoms with Crippen LogP contribution in [0.2, 0.25) is 5.02 Å². The third-order valence-electron chi connectivity index (χ3n) is 5.47. The molecule has 3 heterocycles. The third-order valence-corrected chi connectivity index (χ3v) is 5.77. The molecule has 1 saturated heterocycles. The topological polar surface area (TPSA) is 66.0 Å². The van der Waals surface area contributed by atoms with Gasteiger partial charge in [-0.2, -0.15) is 5.26 Å². The van der Waals surface area contributed by atoms with Crippen LogP contribution in [0.1, 0.15) is 6.42 Å². The molecule has 0 unspecified atom stereocenters.